The minimum absolute atomic E-state index is 0.159. The van der Waals surface area contributed by atoms with Crippen LogP contribution in [0.3, 0.4) is 0 Å². The zero-order chi connectivity index (χ0) is 10.9. The van der Waals surface area contributed by atoms with Gasteiger partial charge in [0.15, 0.2) is 0 Å². The van der Waals surface area contributed by atoms with Crippen LogP contribution in [0, 0.1) is 0 Å². The van der Waals surface area contributed by atoms with Gasteiger partial charge in [0.1, 0.15) is 10.8 Å². The fourth-order valence-corrected chi connectivity index (χ4v) is 1.41. The Kier molecular flexibility index (Phi) is 3.23. The van der Waals surface area contributed by atoms with Gasteiger partial charge in [0, 0.05) is 0 Å². The number of rotatable bonds is 2. The number of carbonyl (C=O) groups excluding carboxylic acids is 1. The van der Waals surface area contributed by atoms with Crippen molar-refractivity contribution in [3.05, 3.63) is 27.5 Å². The normalized spacial score (nSPS) is 10.6. The van der Waals surface area contributed by atoms with Gasteiger partial charge in [-0.15, -0.1) is 0 Å². The second kappa shape index (κ2) is 4.06. The molecule has 1 rings (SSSR count). The molecule has 0 unspecified atom stereocenters. The first-order valence-corrected chi connectivity index (χ1v) is 4.13. The fraction of sp³-hybridized carbons (Fsp3) is 0.143. The molecule has 0 spiro atoms. The molecule has 1 aromatic rings. The standard InChI is InChI=1S/C7H4Cl2F2N2O/c8-2-1-3(9)13-5(7(12)14)4(2)6(10)11/h1,6H,(H2,12,14). The highest BCUT2D eigenvalue weighted by molar-refractivity contribution is 6.35. The monoisotopic (exact) mass is 240 g/mol. The third-order valence-corrected chi connectivity index (χ3v) is 1.93. The van der Waals surface area contributed by atoms with Gasteiger partial charge in [0.05, 0.1) is 10.6 Å². The quantitative estimate of drug-likeness (QED) is 0.808. The zero-order valence-electron chi connectivity index (χ0n) is 6.60. The Hall–Kier alpha value is -0.940. The summed E-state index contributed by atoms with van der Waals surface area (Å²) in [5, 5.41) is -0.484. The second-order valence-electron chi connectivity index (χ2n) is 2.35. The Labute approximate surface area is 87.8 Å². The first-order valence-electron chi connectivity index (χ1n) is 3.37. The zero-order valence-corrected chi connectivity index (χ0v) is 8.11. The van der Waals surface area contributed by atoms with Crippen LogP contribution in [0.4, 0.5) is 8.78 Å². The number of hydrogen-bond acceptors (Lipinski definition) is 2. The van der Waals surface area contributed by atoms with Crippen molar-refractivity contribution in [2.24, 2.45) is 5.73 Å². The van der Waals surface area contributed by atoms with E-state index in [1.807, 2.05) is 0 Å². The Bertz CT molecular complexity index is 384. The average Bonchev–Trinajstić information content (AvgIpc) is 2.01. The van der Waals surface area contributed by atoms with E-state index in [2.05, 4.69) is 4.98 Å². The lowest BCUT2D eigenvalue weighted by atomic mass is 10.2. The third kappa shape index (κ3) is 2.10. The number of primary amides is 1. The van der Waals surface area contributed by atoms with Crippen molar-refractivity contribution in [3.8, 4) is 0 Å². The number of nitrogens with zero attached hydrogens (tertiary/aromatic N) is 1. The van der Waals surface area contributed by atoms with Crippen LogP contribution in [-0.2, 0) is 0 Å². The summed E-state index contributed by atoms with van der Waals surface area (Å²) in [6, 6.07) is 1.02. The number of aromatic nitrogens is 1. The van der Waals surface area contributed by atoms with Gasteiger partial charge in [-0.25, -0.2) is 13.8 Å². The topological polar surface area (TPSA) is 56.0 Å². The molecule has 0 aliphatic heterocycles. The maximum atomic E-state index is 12.4. The number of amides is 1. The van der Waals surface area contributed by atoms with Crippen LogP contribution in [0.15, 0.2) is 6.07 Å². The summed E-state index contributed by atoms with van der Waals surface area (Å²) in [6.07, 6.45) is -2.92. The first-order chi connectivity index (χ1) is 6.43. The minimum atomic E-state index is -2.92. The Morgan fingerprint density at radius 2 is 2.07 bits per heavy atom. The van der Waals surface area contributed by atoms with Crippen LogP contribution in [-0.4, -0.2) is 10.9 Å². The van der Waals surface area contributed by atoms with Gasteiger partial charge in [-0.05, 0) is 6.07 Å². The van der Waals surface area contributed by atoms with Gasteiger partial charge < -0.3 is 5.73 Å². The molecule has 3 nitrogen and oxygen atoms in total. The Balaban J connectivity index is 3.44. The Morgan fingerprint density at radius 1 is 1.50 bits per heavy atom. The van der Waals surface area contributed by atoms with Crippen LogP contribution in [0.25, 0.3) is 0 Å². The minimum Gasteiger partial charge on any atom is -0.364 e. The summed E-state index contributed by atoms with van der Waals surface area (Å²) in [5.74, 6) is -1.09. The van der Waals surface area contributed by atoms with Crippen molar-refractivity contribution in [2.75, 3.05) is 0 Å². The lowest BCUT2D eigenvalue weighted by Gasteiger charge is -2.07. The molecule has 1 amide bonds. The predicted octanol–water partition coefficient (Wildman–Crippen LogP) is 2.42. The molecule has 76 valence electrons. The lowest BCUT2D eigenvalue weighted by molar-refractivity contribution is 0.0980. The van der Waals surface area contributed by atoms with Crippen molar-refractivity contribution < 1.29 is 13.6 Å². The SMILES string of the molecule is NC(=O)c1nc(Cl)cc(Cl)c1C(F)F. The summed E-state index contributed by atoms with van der Waals surface area (Å²) in [5.41, 5.74) is 3.55. The number of pyridine rings is 1. The van der Waals surface area contributed by atoms with E-state index in [9.17, 15) is 13.6 Å². The lowest BCUT2D eigenvalue weighted by Crippen LogP contribution is -2.16. The Morgan fingerprint density at radius 3 is 2.50 bits per heavy atom. The van der Waals surface area contributed by atoms with E-state index in [-0.39, 0.29) is 10.2 Å². The molecule has 0 aliphatic rings. The fourth-order valence-electron chi connectivity index (χ4n) is 0.890. The van der Waals surface area contributed by atoms with Crippen molar-refractivity contribution >= 4 is 29.1 Å². The highest BCUT2D eigenvalue weighted by Crippen LogP contribution is 2.30. The van der Waals surface area contributed by atoms with Crippen LogP contribution in [0.5, 0.6) is 0 Å². The molecule has 1 aromatic heterocycles. The van der Waals surface area contributed by atoms with E-state index < -0.39 is 23.6 Å². The molecule has 7 heteroatoms. The maximum Gasteiger partial charge on any atom is 0.267 e. The van der Waals surface area contributed by atoms with E-state index in [1.54, 1.807) is 0 Å². The van der Waals surface area contributed by atoms with Crippen LogP contribution in [0.2, 0.25) is 10.2 Å². The third-order valence-electron chi connectivity index (χ3n) is 1.43. The summed E-state index contributed by atoms with van der Waals surface area (Å²) < 4.78 is 24.8. The molecule has 0 aromatic carbocycles. The van der Waals surface area contributed by atoms with Gasteiger partial charge >= 0.3 is 0 Å². The van der Waals surface area contributed by atoms with E-state index in [0.717, 1.165) is 6.07 Å². The molecule has 0 bridgehead atoms. The molecule has 2 N–H and O–H groups in total. The summed E-state index contributed by atoms with van der Waals surface area (Å²) >= 11 is 10.9. The molecular weight excluding hydrogens is 237 g/mol. The van der Waals surface area contributed by atoms with E-state index in [1.165, 1.54) is 0 Å². The molecule has 0 radical (unpaired) electrons. The smallest absolute Gasteiger partial charge is 0.267 e. The van der Waals surface area contributed by atoms with E-state index >= 15 is 0 Å². The number of alkyl halides is 2. The number of halogens is 4. The molecule has 0 aliphatic carbocycles. The average molecular weight is 241 g/mol. The summed E-state index contributed by atoms with van der Waals surface area (Å²) in [4.78, 5) is 14.1. The number of carbonyl (C=O) groups is 1. The number of nitrogens with two attached hydrogens (primary N) is 1. The summed E-state index contributed by atoms with van der Waals surface area (Å²) in [6.45, 7) is 0. The van der Waals surface area contributed by atoms with Crippen molar-refractivity contribution in [1.82, 2.24) is 4.98 Å². The number of hydrogen-bond donors (Lipinski definition) is 1. The first kappa shape index (κ1) is 11.1. The van der Waals surface area contributed by atoms with Gasteiger partial charge in [-0.3, -0.25) is 4.79 Å². The highest BCUT2D eigenvalue weighted by atomic mass is 35.5. The van der Waals surface area contributed by atoms with Crippen molar-refractivity contribution in [1.29, 1.82) is 0 Å². The van der Waals surface area contributed by atoms with Gasteiger partial charge in [0.2, 0.25) is 0 Å². The molecule has 0 fully saturated rings. The molecule has 1 heterocycles. The predicted molar refractivity (Wildman–Crippen MR) is 47.7 cm³/mol. The van der Waals surface area contributed by atoms with E-state index in [0.29, 0.717) is 0 Å². The molecule has 0 saturated heterocycles. The van der Waals surface area contributed by atoms with Crippen molar-refractivity contribution in [3.63, 3.8) is 0 Å². The molecular formula is C7H4Cl2F2N2O. The maximum absolute atomic E-state index is 12.4. The van der Waals surface area contributed by atoms with Gasteiger partial charge in [-0.1, -0.05) is 23.2 Å². The second-order valence-corrected chi connectivity index (χ2v) is 3.15. The molecule has 0 atom stereocenters. The van der Waals surface area contributed by atoms with Crippen molar-refractivity contribution in [2.45, 2.75) is 6.43 Å². The van der Waals surface area contributed by atoms with E-state index in [4.69, 9.17) is 28.9 Å². The van der Waals surface area contributed by atoms with Gasteiger partial charge in [-0.2, -0.15) is 0 Å². The largest absolute Gasteiger partial charge is 0.364 e. The highest BCUT2D eigenvalue weighted by Gasteiger charge is 2.22. The van der Waals surface area contributed by atoms with Gasteiger partial charge in [0.25, 0.3) is 12.3 Å². The molecule has 0 saturated carbocycles. The van der Waals surface area contributed by atoms with Crippen LogP contribution >= 0.6 is 23.2 Å². The van der Waals surface area contributed by atoms with Crippen LogP contribution < -0.4 is 5.73 Å². The summed E-state index contributed by atoms with van der Waals surface area (Å²) in [7, 11) is 0. The van der Waals surface area contributed by atoms with Crippen LogP contribution in [0.1, 0.15) is 22.5 Å². The molecule has 14 heavy (non-hydrogen) atoms.